The maximum absolute atomic E-state index is 13.4. The molecule has 0 bridgehead atoms. The molecule has 80 heavy (non-hydrogen) atoms. The smallest absolute Gasteiger partial charge is 0.490 e. The number of aromatic carboxylic acids is 1. The van der Waals surface area contributed by atoms with Crippen LogP contribution in [0.2, 0.25) is 0 Å². The number of hydrogen-bond donors (Lipinski definition) is 8. The van der Waals surface area contributed by atoms with E-state index >= 15 is 0 Å². The van der Waals surface area contributed by atoms with Gasteiger partial charge in [-0.05, 0) is 67.6 Å². The number of aromatic nitrogens is 5. The Morgan fingerprint density at radius 1 is 0.912 bits per heavy atom. The highest BCUT2D eigenvalue weighted by atomic mass is 31.3. The second-order valence-corrected chi connectivity index (χ2v) is 22.6. The number of aliphatic hydroxyl groups excluding tert-OH is 1. The number of phosphoric ester groups is 1. The number of nitrogens with zero attached hydrogens (tertiary/aromatic N) is 6. The van der Waals surface area contributed by atoms with Gasteiger partial charge in [0.2, 0.25) is 0 Å². The van der Waals surface area contributed by atoms with E-state index in [-0.39, 0.29) is 117 Å². The van der Waals surface area contributed by atoms with Crippen LogP contribution in [0, 0.1) is 22.0 Å². The summed E-state index contributed by atoms with van der Waals surface area (Å²) in [5, 5.41) is 46.7. The summed E-state index contributed by atoms with van der Waals surface area (Å²) < 4.78 is 59.8. The molecule has 3 aromatic heterocycles. The van der Waals surface area contributed by atoms with Crippen LogP contribution in [-0.4, -0.2) is 101 Å². The molecule has 1 saturated heterocycles. The van der Waals surface area contributed by atoms with Gasteiger partial charge in [-0.2, -0.15) is 8.62 Å². The lowest BCUT2D eigenvalue weighted by atomic mass is 9.88. The first kappa shape index (κ1) is 58.7. The van der Waals surface area contributed by atoms with Gasteiger partial charge in [0.15, 0.2) is 28.2 Å². The molecule has 31 heteroatoms. The van der Waals surface area contributed by atoms with Crippen molar-refractivity contribution in [2.45, 2.75) is 89.2 Å². The number of carboxylic acid groups (broad SMARTS) is 1. The first-order valence-corrected chi connectivity index (χ1v) is 28.7. The summed E-state index contributed by atoms with van der Waals surface area (Å²) in [5.41, 5.74) is 1.46. The molecule has 6 atom stereocenters. The maximum atomic E-state index is 13.4. The van der Waals surface area contributed by atoms with Crippen LogP contribution in [0.25, 0.3) is 44.6 Å². The summed E-state index contributed by atoms with van der Waals surface area (Å²) in [6.45, 7) is 0.704. The van der Waals surface area contributed by atoms with E-state index in [2.05, 4.69) is 50.2 Å². The molecule has 0 spiro atoms. The first-order valence-electron chi connectivity index (χ1n) is 24.2. The molecule has 2 aliphatic heterocycles. The standard InChI is InChI=1S/C49H48N7O21P3/c1-27(54-47-46-48(52-25-51-47)55(26-53-46)44-22-40(61)43(75-44)24-73-79(69,70)77-80(71,72)76-78(66,67)68)37-23-50-29(19-38(37)56(64)65)8-6-7-10-30(57)9-4-2-3-5-11-39(60)28-12-15-33(49(62)63)36(18-28)45-34-16-13-31(58)20-41(34)74-42-21-32(59)14-17-35(42)45/h12-21,23,25-27,40,43-44,58,61H,2-5,7,9-11,22,24H2,1H3,(H,62,63)(H,69,70)(H,71,72)(H,51,52,54)(H2,66,67,68)/t27?,40-,43-,44-/m1/s1. The number of Topliss-reactive ketones (excluding diaryl/α,β-unsaturated/α-hetero) is 2. The number of rotatable bonds is 24. The molecule has 3 unspecified atom stereocenters. The summed E-state index contributed by atoms with van der Waals surface area (Å²) in [6, 6.07) is 13.2. The first-order chi connectivity index (χ1) is 37.8. The van der Waals surface area contributed by atoms with Crippen molar-refractivity contribution in [1.29, 1.82) is 0 Å². The molecule has 28 nitrogen and oxygen atoms in total. The van der Waals surface area contributed by atoms with Gasteiger partial charge in [0.05, 0.1) is 47.2 Å². The SMILES string of the molecule is CC(Nc1ncnc2c1ncn2[C@H]1C[C@@H](O)[C@@H](COP(=O)(O)OP(=O)(O)OP(=O)(O)O)O1)c1cnc(C#CCCC(=O)CCCCCCC(=O)c2ccc(C(=O)O)c(-c3c4ccc(=O)cc-4oc4cc(O)ccc34)c2)cc1[N+](=O)[O-]. The van der Waals surface area contributed by atoms with Gasteiger partial charge in [0.1, 0.15) is 47.2 Å². The molecule has 5 aromatic rings. The third kappa shape index (κ3) is 14.5. The number of nitro groups is 1. The Bertz CT molecular complexity index is 3800. The van der Waals surface area contributed by atoms with Crippen LogP contribution in [-0.2, 0) is 36.4 Å². The molecular weight excluding hydrogens is 1120 g/mol. The van der Waals surface area contributed by atoms with Crippen molar-refractivity contribution in [2.24, 2.45) is 0 Å². The highest BCUT2D eigenvalue weighted by molar-refractivity contribution is 7.66. The van der Waals surface area contributed by atoms with Crippen molar-refractivity contribution in [1.82, 2.24) is 24.5 Å². The number of carbonyl (C=O) groups is 3. The highest BCUT2D eigenvalue weighted by Gasteiger charge is 2.43. The van der Waals surface area contributed by atoms with Gasteiger partial charge < -0.3 is 49.4 Å². The van der Waals surface area contributed by atoms with Crippen LogP contribution >= 0.6 is 23.5 Å². The summed E-state index contributed by atoms with van der Waals surface area (Å²) in [4.78, 5) is 116. The fourth-order valence-electron chi connectivity index (χ4n) is 8.82. The number of carbonyl (C=O) groups excluding carboxylic acids is 2. The number of hydrogen-bond acceptors (Lipinski definition) is 21. The Morgan fingerprint density at radius 3 is 2.41 bits per heavy atom. The number of fused-ring (bicyclic) bond motifs is 3. The van der Waals surface area contributed by atoms with Crippen molar-refractivity contribution >= 4 is 74.6 Å². The number of imidazole rings is 1. The number of aromatic hydroxyl groups is 1. The van der Waals surface area contributed by atoms with Crippen LogP contribution in [0.3, 0.4) is 0 Å². The zero-order valence-corrected chi connectivity index (χ0v) is 44.4. The lowest BCUT2D eigenvalue weighted by molar-refractivity contribution is -0.385. The molecule has 3 aliphatic rings. The van der Waals surface area contributed by atoms with Crippen molar-refractivity contribution in [3.8, 4) is 40.0 Å². The molecule has 2 aromatic carbocycles. The predicted octanol–water partition coefficient (Wildman–Crippen LogP) is 7.50. The number of anilines is 1. The van der Waals surface area contributed by atoms with Gasteiger partial charge >= 0.3 is 29.4 Å². The Kier molecular flexibility index (Phi) is 18.0. The number of ketones is 2. The van der Waals surface area contributed by atoms with Gasteiger partial charge in [0.25, 0.3) is 5.69 Å². The molecular formula is C49H48N7O21P3. The van der Waals surface area contributed by atoms with Gasteiger partial charge in [-0.3, -0.25) is 33.6 Å². The molecule has 0 saturated carbocycles. The molecule has 1 aliphatic carbocycles. The average Bonchev–Trinajstić information content (AvgIpc) is 4.09. The maximum Gasteiger partial charge on any atom is 0.490 e. The van der Waals surface area contributed by atoms with E-state index in [1.165, 1.54) is 71.7 Å². The van der Waals surface area contributed by atoms with Gasteiger partial charge in [-0.1, -0.05) is 24.8 Å². The predicted molar refractivity (Wildman–Crippen MR) is 279 cm³/mol. The van der Waals surface area contributed by atoms with Gasteiger partial charge in [-0.15, -0.1) is 0 Å². The zero-order valence-electron chi connectivity index (χ0n) is 41.8. The third-order valence-corrected chi connectivity index (χ3v) is 16.3. The molecule has 8 N–H and O–H groups in total. The highest BCUT2D eigenvalue weighted by Crippen LogP contribution is 2.66. The average molecular weight is 1160 g/mol. The lowest BCUT2D eigenvalue weighted by Crippen LogP contribution is -2.26. The number of aliphatic hydroxyl groups is 1. The number of unbranched alkanes of at least 4 members (excludes halogenated alkanes) is 3. The number of nitrogens with one attached hydrogen (secondary N) is 1. The molecule has 0 radical (unpaired) electrons. The monoisotopic (exact) mass is 1160 g/mol. The summed E-state index contributed by atoms with van der Waals surface area (Å²) >= 11 is 0. The Labute approximate surface area is 451 Å². The van der Waals surface area contributed by atoms with Crippen molar-refractivity contribution in [3.05, 3.63) is 122 Å². The summed E-state index contributed by atoms with van der Waals surface area (Å²) in [7, 11) is -16.9. The Morgan fingerprint density at radius 2 is 1.68 bits per heavy atom. The Hall–Kier alpha value is -7.47. The Balaban J connectivity index is 0.802. The number of benzene rings is 3. The van der Waals surface area contributed by atoms with E-state index in [9.17, 15) is 68.1 Å². The normalized spacial score (nSPS) is 17.4. The van der Waals surface area contributed by atoms with E-state index in [1.54, 1.807) is 13.0 Å². The minimum Gasteiger partial charge on any atom is -0.508 e. The lowest BCUT2D eigenvalue weighted by Gasteiger charge is -2.19. The van der Waals surface area contributed by atoms with Crippen LogP contribution in [0.5, 0.6) is 5.75 Å². The fraction of sp³-hybridized carbons (Fsp3) is 0.306. The number of phosphoric acid groups is 3. The molecule has 5 heterocycles. The molecule has 0 amide bonds. The van der Waals surface area contributed by atoms with Crippen molar-refractivity contribution < 1.29 is 90.2 Å². The van der Waals surface area contributed by atoms with Gasteiger partial charge in [-0.25, -0.2) is 38.4 Å². The fourth-order valence-corrected chi connectivity index (χ4v) is 11.8. The van der Waals surface area contributed by atoms with E-state index in [4.69, 9.17) is 18.9 Å². The number of phenolic OH excluding ortho intramolecular Hbond substituents is 1. The summed E-state index contributed by atoms with van der Waals surface area (Å²) in [5.74, 6) is 4.34. The van der Waals surface area contributed by atoms with E-state index in [0.29, 0.717) is 42.2 Å². The van der Waals surface area contributed by atoms with Crippen LogP contribution in [0.1, 0.15) is 109 Å². The largest absolute Gasteiger partial charge is 0.508 e. The number of phenols is 1. The van der Waals surface area contributed by atoms with E-state index in [0.717, 1.165) is 6.33 Å². The van der Waals surface area contributed by atoms with Crippen LogP contribution < -0.4 is 10.7 Å². The molecule has 1 fully saturated rings. The number of ether oxygens (including phenoxy) is 1. The zero-order chi connectivity index (χ0) is 57.7. The van der Waals surface area contributed by atoms with Gasteiger partial charge in [0, 0.05) is 72.5 Å². The number of carboxylic acids is 1. The van der Waals surface area contributed by atoms with E-state index < -0.39 is 65.4 Å². The minimum atomic E-state index is -5.78. The summed E-state index contributed by atoms with van der Waals surface area (Å²) in [6.07, 6.45) is 3.00. The molecule has 420 valence electrons. The quantitative estimate of drug-likeness (QED) is 0.00552. The van der Waals surface area contributed by atoms with Crippen molar-refractivity contribution in [3.63, 3.8) is 0 Å². The minimum absolute atomic E-state index is 0.0417. The second kappa shape index (κ2) is 24.5. The second-order valence-electron chi connectivity index (χ2n) is 18.2. The number of pyridine rings is 1. The third-order valence-electron chi connectivity index (χ3n) is 12.5. The molecule has 8 rings (SSSR count). The van der Waals surface area contributed by atoms with Crippen LogP contribution in [0.15, 0.2) is 88.7 Å². The topological polar surface area (TPSA) is 423 Å². The van der Waals surface area contributed by atoms with E-state index in [1.807, 2.05) is 0 Å². The van der Waals surface area contributed by atoms with Crippen LogP contribution in [0.4, 0.5) is 11.5 Å². The van der Waals surface area contributed by atoms with Crippen molar-refractivity contribution in [2.75, 3.05) is 11.9 Å².